The molecule has 116 valence electrons. The molecular formula is C18H17N3O2. The van der Waals surface area contributed by atoms with E-state index in [1.54, 1.807) is 19.2 Å². The highest BCUT2D eigenvalue weighted by atomic mass is 16.2. The number of fused-ring (bicyclic) bond motifs is 1. The van der Waals surface area contributed by atoms with Crippen LogP contribution in [0.1, 0.15) is 23.0 Å². The van der Waals surface area contributed by atoms with Crippen LogP contribution >= 0.6 is 0 Å². The third-order valence-corrected chi connectivity index (χ3v) is 3.82. The first kappa shape index (κ1) is 15.0. The molecule has 1 aromatic heterocycles. The molecule has 1 amide bonds. The van der Waals surface area contributed by atoms with Crippen molar-refractivity contribution in [2.45, 2.75) is 13.3 Å². The summed E-state index contributed by atoms with van der Waals surface area (Å²) in [7, 11) is 1.64. The highest BCUT2D eigenvalue weighted by Crippen LogP contribution is 2.12. The molecule has 0 aliphatic rings. The quantitative estimate of drug-likeness (QED) is 0.809. The van der Waals surface area contributed by atoms with E-state index in [1.165, 1.54) is 10.1 Å². The molecule has 3 rings (SSSR count). The van der Waals surface area contributed by atoms with Crippen LogP contribution < -0.4 is 10.9 Å². The Morgan fingerprint density at radius 3 is 2.52 bits per heavy atom. The topological polar surface area (TPSA) is 64.0 Å². The third-order valence-electron chi connectivity index (χ3n) is 3.82. The number of hydrogen-bond donors (Lipinski definition) is 1. The van der Waals surface area contributed by atoms with E-state index in [4.69, 9.17) is 0 Å². The lowest BCUT2D eigenvalue weighted by atomic mass is 10.1. The molecular weight excluding hydrogens is 290 g/mol. The largest absolute Gasteiger partial charge is 0.320 e. The van der Waals surface area contributed by atoms with Crippen molar-refractivity contribution in [2.75, 3.05) is 5.32 Å². The summed E-state index contributed by atoms with van der Waals surface area (Å²) in [5.41, 5.74) is 2.62. The molecule has 2 aromatic carbocycles. The first-order chi connectivity index (χ1) is 11.1. The molecule has 0 saturated heterocycles. The highest BCUT2D eigenvalue weighted by Gasteiger charge is 2.16. The fraction of sp³-hybridized carbons (Fsp3) is 0.167. The summed E-state index contributed by atoms with van der Waals surface area (Å²) in [5.74, 6) is -0.499. The van der Waals surface area contributed by atoms with Gasteiger partial charge in [0.05, 0.1) is 11.0 Å². The average molecular weight is 307 g/mol. The van der Waals surface area contributed by atoms with Gasteiger partial charge < -0.3 is 9.88 Å². The summed E-state index contributed by atoms with van der Waals surface area (Å²) < 4.78 is 1.44. The molecule has 23 heavy (non-hydrogen) atoms. The van der Waals surface area contributed by atoms with Gasteiger partial charge in [0.15, 0.2) is 5.69 Å². The van der Waals surface area contributed by atoms with E-state index in [9.17, 15) is 9.59 Å². The second-order valence-electron chi connectivity index (χ2n) is 5.32. The van der Waals surface area contributed by atoms with Crippen molar-refractivity contribution in [2.24, 2.45) is 7.05 Å². The van der Waals surface area contributed by atoms with Gasteiger partial charge >= 0.3 is 0 Å². The van der Waals surface area contributed by atoms with Crippen molar-refractivity contribution >= 4 is 22.6 Å². The molecule has 0 fully saturated rings. The van der Waals surface area contributed by atoms with Crippen LogP contribution in [0.15, 0.2) is 53.3 Å². The molecule has 5 nitrogen and oxygen atoms in total. The lowest BCUT2D eigenvalue weighted by molar-refractivity contribution is 0.102. The van der Waals surface area contributed by atoms with E-state index in [0.717, 1.165) is 6.42 Å². The van der Waals surface area contributed by atoms with Gasteiger partial charge in [-0.15, -0.1) is 0 Å². The SMILES string of the molecule is CCc1ccc(NC(=O)c2nc3ccccc3n(C)c2=O)cc1. The van der Waals surface area contributed by atoms with Crippen molar-refractivity contribution in [1.29, 1.82) is 0 Å². The Morgan fingerprint density at radius 1 is 1.13 bits per heavy atom. The van der Waals surface area contributed by atoms with E-state index in [1.807, 2.05) is 36.4 Å². The standard InChI is InChI=1S/C18H17N3O2/c1-3-12-8-10-13(11-9-12)19-17(22)16-18(23)21(2)15-7-5-4-6-14(15)20-16/h4-11H,3H2,1-2H3,(H,19,22). The summed E-state index contributed by atoms with van der Waals surface area (Å²) in [5, 5.41) is 2.73. The van der Waals surface area contributed by atoms with Gasteiger partial charge in [-0.3, -0.25) is 9.59 Å². The zero-order chi connectivity index (χ0) is 16.4. The van der Waals surface area contributed by atoms with Crippen LogP contribution in [-0.4, -0.2) is 15.5 Å². The van der Waals surface area contributed by atoms with Crippen molar-refractivity contribution in [3.8, 4) is 0 Å². The van der Waals surface area contributed by atoms with E-state index >= 15 is 0 Å². The Morgan fingerprint density at radius 2 is 1.83 bits per heavy atom. The molecule has 1 heterocycles. The number of anilines is 1. The molecule has 0 radical (unpaired) electrons. The van der Waals surface area contributed by atoms with Gasteiger partial charge in [0.25, 0.3) is 11.5 Å². The number of nitrogens with zero attached hydrogens (tertiary/aromatic N) is 2. The van der Waals surface area contributed by atoms with Crippen molar-refractivity contribution in [3.63, 3.8) is 0 Å². The summed E-state index contributed by atoms with van der Waals surface area (Å²) >= 11 is 0. The van der Waals surface area contributed by atoms with Crippen LogP contribution in [0, 0.1) is 0 Å². The highest BCUT2D eigenvalue weighted by molar-refractivity contribution is 6.03. The molecule has 1 N–H and O–H groups in total. The van der Waals surface area contributed by atoms with Crippen molar-refractivity contribution in [1.82, 2.24) is 9.55 Å². The first-order valence-corrected chi connectivity index (χ1v) is 7.46. The summed E-state index contributed by atoms with van der Waals surface area (Å²) in [6, 6.07) is 14.8. The van der Waals surface area contributed by atoms with Gasteiger partial charge in [-0.2, -0.15) is 0 Å². The molecule has 0 unspecified atom stereocenters. The van der Waals surface area contributed by atoms with E-state index in [2.05, 4.69) is 17.2 Å². The smallest absolute Gasteiger partial charge is 0.282 e. The number of hydrogen-bond acceptors (Lipinski definition) is 3. The maximum absolute atomic E-state index is 12.4. The summed E-state index contributed by atoms with van der Waals surface area (Å²) in [6.07, 6.45) is 0.932. The maximum atomic E-state index is 12.4. The monoisotopic (exact) mass is 307 g/mol. The van der Waals surface area contributed by atoms with E-state index < -0.39 is 11.5 Å². The predicted octanol–water partition coefficient (Wildman–Crippen LogP) is 2.75. The number of rotatable bonds is 3. The second kappa shape index (κ2) is 6.04. The van der Waals surface area contributed by atoms with Crippen LogP contribution in [0.3, 0.4) is 0 Å². The van der Waals surface area contributed by atoms with Gasteiger partial charge in [-0.1, -0.05) is 31.2 Å². The van der Waals surface area contributed by atoms with Gasteiger partial charge in [0, 0.05) is 12.7 Å². The number of carbonyl (C=O) groups is 1. The fourth-order valence-electron chi connectivity index (χ4n) is 2.44. The molecule has 0 saturated carbocycles. The van der Waals surface area contributed by atoms with Gasteiger partial charge in [-0.05, 0) is 36.2 Å². The number of amides is 1. The fourth-order valence-corrected chi connectivity index (χ4v) is 2.44. The normalized spacial score (nSPS) is 10.7. The number of aryl methyl sites for hydroxylation is 2. The Balaban J connectivity index is 1.97. The molecule has 5 heteroatoms. The zero-order valence-electron chi connectivity index (χ0n) is 13.0. The Kier molecular flexibility index (Phi) is 3.93. The third kappa shape index (κ3) is 2.85. The lowest BCUT2D eigenvalue weighted by Crippen LogP contribution is -2.29. The minimum absolute atomic E-state index is 0.106. The minimum Gasteiger partial charge on any atom is -0.320 e. The molecule has 0 atom stereocenters. The van der Waals surface area contributed by atoms with Crippen LogP contribution in [0.25, 0.3) is 11.0 Å². The number of benzene rings is 2. The number of para-hydroxylation sites is 2. The number of nitrogens with one attached hydrogen (secondary N) is 1. The number of aromatic nitrogens is 2. The van der Waals surface area contributed by atoms with Crippen molar-refractivity contribution < 1.29 is 4.79 Å². The van der Waals surface area contributed by atoms with Crippen LogP contribution in [0.4, 0.5) is 5.69 Å². The Labute approximate surface area is 133 Å². The molecule has 3 aromatic rings. The Hall–Kier alpha value is -2.95. The molecule has 0 aliphatic heterocycles. The Bertz CT molecular complexity index is 927. The minimum atomic E-state index is -0.499. The second-order valence-corrected chi connectivity index (χ2v) is 5.32. The summed E-state index contributed by atoms with van der Waals surface area (Å²) in [4.78, 5) is 29.0. The first-order valence-electron chi connectivity index (χ1n) is 7.46. The van der Waals surface area contributed by atoms with E-state index in [0.29, 0.717) is 16.7 Å². The lowest BCUT2D eigenvalue weighted by Gasteiger charge is -2.09. The zero-order valence-corrected chi connectivity index (χ0v) is 13.0. The summed E-state index contributed by atoms with van der Waals surface area (Å²) in [6.45, 7) is 2.07. The number of carbonyl (C=O) groups excluding carboxylic acids is 1. The van der Waals surface area contributed by atoms with Crippen LogP contribution in [-0.2, 0) is 13.5 Å². The van der Waals surface area contributed by atoms with Gasteiger partial charge in [0.2, 0.25) is 0 Å². The van der Waals surface area contributed by atoms with Crippen LogP contribution in [0.2, 0.25) is 0 Å². The van der Waals surface area contributed by atoms with Crippen molar-refractivity contribution in [3.05, 3.63) is 70.1 Å². The molecule has 0 bridgehead atoms. The van der Waals surface area contributed by atoms with E-state index in [-0.39, 0.29) is 5.69 Å². The van der Waals surface area contributed by atoms with Gasteiger partial charge in [0.1, 0.15) is 0 Å². The van der Waals surface area contributed by atoms with Crippen LogP contribution in [0.5, 0.6) is 0 Å². The van der Waals surface area contributed by atoms with Gasteiger partial charge in [-0.25, -0.2) is 4.98 Å². The molecule has 0 aliphatic carbocycles. The predicted molar refractivity (Wildman–Crippen MR) is 90.8 cm³/mol. The molecule has 0 spiro atoms. The maximum Gasteiger partial charge on any atom is 0.282 e. The average Bonchev–Trinajstić information content (AvgIpc) is 2.58.